The average molecular weight is 311 g/mol. The Balaban J connectivity index is 2.15. The minimum absolute atomic E-state index is 0.166. The molecule has 2 unspecified atom stereocenters. The van der Waals surface area contributed by atoms with Crippen LogP contribution in [0.1, 0.15) is 38.3 Å². The van der Waals surface area contributed by atoms with Crippen molar-refractivity contribution < 1.29 is 0 Å². The first-order valence-corrected chi connectivity index (χ1v) is 7.62. The van der Waals surface area contributed by atoms with Gasteiger partial charge in [0.05, 0.1) is 0 Å². The number of hydrogen-bond donors (Lipinski definition) is 1. The van der Waals surface area contributed by atoms with Gasteiger partial charge in [0.1, 0.15) is 0 Å². The lowest BCUT2D eigenvalue weighted by Crippen LogP contribution is -2.43. The Morgan fingerprint density at radius 3 is 2.28 bits per heavy atom. The van der Waals surface area contributed by atoms with E-state index >= 15 is 0 Å². The van der Waals surface area contributed by atoms with Crippen LogP contribution in [0.2, 0.25) is 0 Å². The molecule has 2 nitrogen and oxygen atoms in total. The molecule has 0 radical (unpaired) electrons. The molecule has 1 fully saturated rings. The number of nitrogens with zero attached hydrogens (tertiary/aromatic N) is 1. The van der Waals surface area contributed by atoms with E-state index in [1.54, 1.807) is 0 Å². The fourth-order valence-electron chi connectivity index (χ4n) is 2.81. The molecule has 0 aliphatic carbocycles. The molecule has 0 saturated carbocycles. The Hall–Kier alpha value is -0.380. The summed E-state index contributed by atoms with van der Waals surface area (Å²) in [6, 6.07) is 9.12. The van der Waals surface area contributed by atoms with E-state index in [-0.39, 0.29) is 6.04 Å². The highest BCUT2D eigenvalue weighted by Gasteiger charge is 2.27. The predicted octanol–water partition coefficient (Wildman–Crippen LogP) is 3.57. The van der Waals surface area contributed by atoms with Crippen LogP contribution in [0.5, 0.6) is 0 Å². The number of hydrogen-bond acceptors (Lipinski definition) is 2. The van der Waals surface area contributed by atoms with E-state index in [1.807, 2.05) is 0 Å². The zero-order chi connectivity index (χ0) is 13.1. The van der Waals surface area contributed by atoms with Crippen LogP contribution in [0.25, 0.3) is 0 Å². The van der Waals surface area contributed by atoms with Crippen molar-refractivity contribution in [1.82, 2.24) is 4.90 Å². The molecule has 1 aliphatic heterocycles. The van der Waals surface area contributed by atoms with Crippen molar-refractivity contribution in [2.45, 2.75) is 38.8 Å². The molecule has 1 heterocycles. The summed E-state index contributed by atoms with van der Waals surface area (Å²) in [5, 5.41) is 0. The van der Waals surface area contributed by atoms with E-state index < -0.39 is 0 Å². The fraction of sp³-hybridized carbons (Fsp3) is 0.600. The summed E-state index contributed by atoms with van der Waals surface area (Å²) >= 11 is 3.49. The predicted molar refractivity (Wildman–Crippen MR) is 80.5 cm³/mol. The molecule has 18 heavy (non-hydrogen) atoms. The van der Waals surface area contributed by atoms with E-state index in [2.05, 4.69) is 58.9 Å². The number of likely N-dealkylation sites (tertiary alicyclic amines) is 1. The van der Waals surface area contributed by atoms with Crippen molar-refractivity contribution in [2.75, 3.05) is 13.1 Å². The minimum atomic E-state index is 0.166. The monoisotopic (exact) mass is 310 g/mol. The van der Waals surface area contributed by atoms with E-state index in [4.69, 9.17) is 5.73 Å². The molecular formula is C15H23BrN2. The number of rotatable bonds is 3. The van der Waals surface area contributed by atoms with Gasteiger partial charge < -0.3 is 5.73 Å². The third-order valence-corrected chi connectivity index (χ3v) is 4.45. The molecule has 100 valence electrons. The highest BCUT2D eigenvalue weighted by Crippen LogP contribution is 2.29. The number of piperidine rings is 1. The normalized spacial score (nSPS) is 21.8. The lowest BCUT2D eigenvalue weighted by atomic mass is 9.93. The second-order valence-corrected chi connectivity index (χ2v) is 6.49. The van der Waals surface area contributed by atoms with E-state index in [0.29, 0.717) is 6.04 Å². The summed E-state index contributed by atoms with van der Waals surface area (Å²) in [4.78, 5) is 2.55. The van der Waals surface area contributed by atoms with E-state index in [1.165, 1.54) is 31.5 Å². The zero-order valence-electron chi connectivity index (χ0n) is 11.3. The average Bonchev–Trinajstić information content (AvgIpc) is 2.34. The van der Waals surface area contributed by atoms with E-state index in [9.17, 15) is 0 Å². The summed E-state index contributed by atoms with van der Waals surface area (Å²) in [5.41, 5.74) is 7.55. The molecular weight excluding hydrogens is 288 g/mol. The SMILES string of the molecule is CC1CCN(C(c2ccc(Br)cc2)C(C)N)CC1. The third kappa shape index (κ3) is 3.34. The maximum Gasteiger partial charge on any atom is 0.0496 e. The molecule has 2 atom stereocenters. The van der Waals surface area contributed by atoms with Crippen LogP contribution in [0.4, 0.5) is 0 Å². The van der Waals surface area contributed by atoms with Crippen LogP contribution < -0.4 is 5.73 Å². The van der Waals surface area contributed by atoms with Gasteiger partial charge in [-0.15, -0.1) is 0 Å². The van der Waals surface area contributed by atoms with Crippen molar-refractivity contribution in [3.05, 3.63) is 34.3 Å². The standard InChI is InChI=1S/C15H23BrN2/c1-11-7-9-18(10-8-11)15(12(2)17)13-3-5-14(16)6-4-13/h3-6,11-12,15H,7-10,17H2,1-2H3. The summed E-state index contributed by atoms with van der Waals surface area (Å²) < 4.78 is 1.13. The van der Waals surface area contributed by atoms with Crippen LogP contribution >= 0.6 is 15.9 Å². The van der Waals surface area contributed by atoms with Crippen LogP contribution in [0, 0.1) is 5.92 Å². The summed E-state index contributed by atoms with van der Waals surface area (Å²) in [6.07, 6.45) is 2.58. The zero-order valence-corrected chi connectivity index (χ0v) is 12.9. The van der Waals surface area contributed by atoms with Gasteiger partial charge in [0.25, 0.3) is 0 Å². The number of halogens is 1. The van der Waals surface area contributed by atoms with Crippen molar-refractivity contribution in [3.63, 3.8) is 0 Å². The van der Waals surface area contributed by atoms with Crippen LogP contribution in [0.15, 0.2) is 28.7 Å². The maximum atomic E-state index is 6.22. The summed E-state index contributed by atoms with van der Waals surface area (Å²) in [5.74, 6) is 0.861. The molecule has 3 heteroatoms. The second kappa shape index (κ2) is 6.18. The van der Waals surface area contributed by atoms with Gasteiger partial charge in [0.2, 0.25) is 0 Å². The van der Waals surface area contributed by atoms with E-state index in [0.717, 1.165) is 10.4 Å². The second-order valence-electron chi connectivity index (χ2n) is 5.57. The van der Waals surface area contributed by atoms with Crippen molar-refractivity contribution in [3.8, 4) is 0 Å². The Bertz CT molecular complexity index is 367. The van der Waals surface area contributed by atoms with Gasteiger partial charge in [0.15, 0.2) is 0 Å². The van der Waals surface area contributed by atoms with Gasteiger partial charge in [-0.1, -0.05) is 35.0 Å². The Kier molecular flexibility index (Phi) is 4.82. The first-order valence-electron chi connectivity index (χ1n) is 6.83. The highest BCUT2D eigenvalue weighted by molar-refractivity contribution is 9.10. The summed E-state index contributed by atoms with van der Waals surface area (Å²) in [6.45, 7) is 6.80. The molecule has 2 N–H and O–H groups in total. The molecule has 1 aliphatic rings. The number of benzene rings is 1. The molecule has 1 aromatic rings. The van der Waals surface area contributed by atoms with Crippen molar-refractivity contribution in [1.29, 1.82) is 0 Å². The quantitative estimate of drug-likeness (QED) is 0.924. The van der Waals surface area contributed by atoms with Gasteiger partial charge in [-0.05, 0) is 56.5 Å². The molecule has 2 rings (SSSR count). The Morgan fingerprint density at radius 2 is 1.78 bits per heavy atom. The topological polar surface area (TPSA) is 29.3 Å². The Labute approximate surface area is 119 Å². The minimum Gasteiger partial charge on any atom is -0.326 e. The molecule has 1 saturated heterocycles. The molecule has 1 aromatic carbocycles. The molecule has 0 bridgehead atoms. The first kappa shape index (κ1) is 14.0. The Morgan fingerprint density at radius 1 is 1.22 bits per heavy atom. The molecule has 0 amide bonds. The highest BCUT2D eigenvalue weighted by atomic mass is 79.9. The van der Waals surface area contributed by atoms with Gasteiger partial charge in [0, 0.05) is 16.6 Å². The third-order valence-electron chi connectivity index (χ3n) is 3.92. The molecule has 0 spiro atoms. The van der Waals surface area contributed by atoms with Gasteiger partial charge in [-0.3, -0.25) is 4.90 Å². The number of nitrogens with two attached hydrogens (primary N) is 1. The van der Waals surface area contributed by atoms with Crippen LogP contribution in [-0.4, -0.2) is 24.0 Å². The van der Waals surface area contributed by atoms with Gasteiger partial charge in [-0.25, -0.2) is 0 Å². The van der Waals surface area contributed by atoms with Crippen molar-refractivity contribution >= 4 is 15.9 Å². The van der Waals surface area contributed by atoms with Gasteiger partial charge in [-0.2, -0.15) is 0 Å². The summed E-state index contributed by atoms with van der Waals surface area (Å²) in [7, 11) is 0. The van der Waals surface area contributed by atoms with Gasteiger partial charge >= 0.3 is 0 Å². The maximum absolute atomic E-state index is 6.22. The fourth-order valence-corrected chi connectivity index (χ4v) is 3.08. The first-order chi connectivity index (χ1) is 8.58. The molecule has 0 aromatic heterocycles. The van der Waals surface area contributed by atoms with Crippen LogP contribution in [0.3, 0.4) is 0 Å². The lowest BCUT2D eigenvalue weighted by molar-refractivity contribution is 0.124. The largest absolute Gasteiger partial charge is 0.326 e. The van der Waals surface area contributed by atoms with Crippen LogP contribution in [-0.2, 0) is 0 Å². The smallest absolute Gasteiger partial charge is 0.0496 e. The van der Waals surface area contributed by atoms with Crippen molar-refractivity contribution in [2.24, 2.45) is 11.7 Å². The lowest BCUT2D eigenvalue weighted by Gasteiger charge is -2.39.